The van der Waals surface area contributed by atoms with Gasteiger partial charge in [-0.1, -0.05) is 18.2 Å². The van der Waals surface area contributed by atoms with E-state index in [9.17, 15) is 14.4 Å². The van der Waals surface area contributed by atoms with Gasteiger partial charge in [-0.25, -0.2) is 9.18 Å². The van der Waals surface area contributed by atoms with Crippen LogP contribution in [-0.2, 0) is 20.9 Å². The Hall–Kier alpha value is -3.99. The third-order valence-electron chi connectivity index (χ3n) is 4.93. The number of nitriles is 1. The van der Waals surface area contributed by atoms with E-state index in [1.165, 1.54) is 19.2 Å². The zero-order chi connectivity index (χ0) is 23.3. The number of hydrogen-bond donors (Lipinski definition) is 1. The smallest absolute Gasteiger partial charge is 0.338 e. The molecule has 0 aromatic heterocycles. The number of carbonyl (C=O) groups is 1. The minimum Gasteiger partial charge on any atom is -0.493 e. The Morgan fingerprint density at radius 1 is 1.22 bits per heavy atom. The van der Waals surface area contributed by atoms with Crippen LogP contribution < -0.4 is 15.2 Å². The van der Waals surface area contributed by atoms with E-state index in [1.807, 2.05) is 6.07 Å². The zero-order valence-electron chi connectivity index (χ0n) is 18.0. The first-order chi connectivity index (χ1) is 15.4. The Kier molecular flexibility index (Phi) is 7.00. The molecule has 0 bridgehead atoms. The van der Waals surface area contributed by atoms with Crippen LogP contribution in [0.4, 0.5) is 4.39 Å². The van der Waals surface area contributed by atoms with Crippen LogP contribution in [-0.4, -0.2) is 19.7 Å². The normalized spacial score (nSPS) is 15.7. The Morgan fingerprint density at radius 3 is 2.56 bits per heavy atom. The average molecular weight is 438 g/mol. The number of rotatable bonds is 7. The lowest BCUT2D eigenvalue weighted by atomic mass is 9.83. The van der Waals surface area contributed by atoms with Crippen LogP contribution in [0.2, 0.25) is 0 Å². The SMILES string of the molecule is CCOC(=O)C1=C(C)OC(N)=C(C#N)C1c1ccc(OC)c(OCc2ccc(F)cc2)c1. The van der Waals surface area contributed by atoms with Crippen molar-refractivity contribution in [1.29, 1.82) is 5.26 Å². The fourth-order valence-electron chi connectivity index (χ4n) is 3.42. The number of nitrogens with zero attached hydrogens (tertiary/aromatic N) is 1. The van der Waals surface area contributed by atoms with E-state index in [0.717, 1.165) is 5.56 Å². The highest BCUT2D eigenvalue weighted by Crippen LogP contribution is 2.42. The largest absolute Gasteiger partial charge is 0.493 e. The number of hydrogen-bond acceptors (Lipinski definition) is 7. The monoisotopic (exact) mass is 438 g/mol. The highest BCUT2D eigenvalue weighted by molar-refractivity contribution is 5.92. The molecule has 2 N–H and O–H groups in total. The summed E-state index contributed by atoms with van der Waals surface area (Å²) >= 11 is 0. The van der Waals surface area contributed by atoms with Crippen LogP contribution in [0.1, 0.15) is 30.9 Å². The van der Waals surface area contributed by atoms with Gasteiger partial charge in [0.25, 0.3) is 0 Å². The molecule has 1 heterocycles. The summed E-state index contributed by atoms with van der Waals surface area (Å²) in [5, 5.41) is 9.72. The number of nitrogens with two attached hydrogens (primary N) is 1. The molecular formula is C24H23FN2O5. The minimum absolute atomic E-state index is 0.0763. The Labute approximate surface area is 185 Å². The van der Waals surface area contributed by atoms with Crippen LogP contribution in [0, 0.1) is 17.1 Å². The van der Waals surface area contributed by atoms with Crippen molar-refractivity contribution in [3.63, 3.8) is 0 Å². The average Bonchev–Trinajstić information content (AvgIpc) is 2.78. The Balaban J connectivity index is 2.02. The van der Waals surface area contributed by atoms with Crippen molar-refractivity contribution in [3.8, 4) is 17.6 Å². The fraction of sp³-hybridized carbons (Fsp3) is 0.250. The molecule has 3 rings (SSSR count). The predicted molar refractivity (Wildman–Crippen MR) is 114 cm³/mol. The summed E-state index contributed by atoms with van der Waals surface area (Å²) in [5.74, 6) is -0.710. The summed E-state index contributed by atoms with van der Waals surface area (Å²) in [4.78, 5) is 12.7. The van der Waals surface area contributed by atoms with Gasteiger partial charge >= 0.3 is 5.97 Å². The molecule has 0 amide bonds. The molecule has 2 aromatic carbocycles. The number of esters is 1. The summed E-state index contributed by atoms with van der Waals surface area (Å²) in [6.45, 7) is 3.61. The molecule has 1 atom stereocenters. The summed E-state index contributed by atoms with van der Waals surface area (Å²) < 4.78 is 35.1. The van der Waals surface area contributed by atoms with E-state index in [-0.39, 0.29) is 41.8 Å². The maximum atomic E-state index is 13.2. The van der Waals surface area contributed by atoms with Crippen molar-refractivity contribution in [3.05, 3.63) is 82.2 Å². The molecule has 1 aliphatic heterocycles. The molecule has 32 heavy (non-hydrogen) atoms. The Bertz CT molecular complexity index is 1120. The van der Waals surface area contributed by atoms with Crippen molar-refractivity contribution in [2.24, 2.45) is 5.73 Å². The van der Waals surface area contributed by atoms with Gasteiger partial charge in [0.1, 0.15) is 29.8 Å². The standard InChI is InChI=1S/C24H23FN2O5/c1-4-30-24(28)21-14(2)32-23(27)18(12-26)22(21)16-7-10-19(29-3)20(11-16)31-13-15-5-8-17(25)9-6-15/h5-11,22H,4,13,27H2,1-3H3. The van der Waals surface area contributed by atoms with Gasteiger partial charge in [-0.15, -0.1) is 0 Å². The van der Waals surface area contributed by atoms with Crippen LogP contribution in [0.5, 0.6) is 11.5 Å². The molecule has 166 valence electrons. The zero-order valence-corrected chi connectivity index (χ0v) is 18.0. The van der Waals surface area contributed by atoms with Crippen molar-refractivity contribution in [2.75, 3.05) is 13.7 Å². The number of carbonyl (C=O) groups excluding carboxylic acids is 1. The first kappa shape index (κ1) is 22.7. The van der Waals surface area contributed by atoms with E-state index < -0.39 is 11.9 Å². The van der Waals surface area contributed by atoms with Gasteiger partial charge in [-0.3, -0.25) is 0 Å². The second-order valence-electron chi connectivity index (χ2n) is 6.94. The van der Waals surface area contributed by atoms with Crippen molar-refractivity contribution < 1.29 is 28.1 Å². The van der Waals surface area contributed by atoms with Crippen LogP contribution in [0.15, 0.2) is 65.3 Å². The van der Waals surface area contributed by atoms with Gasteiger partial charge in [0.15, 0.2) is 11.5 Å². The summed E-state index contributed by atoms with van der Waals surface area (Å²) in [6.07, 6.45) is 0. The van der Waals surface area contributed by atoms with Crippen molar-refractivity contribution in [2.45, 2.75) is 26.4 Å². The van der Waals surface area contributed by atoms with Gasteiger partial charge in [0.2, 0.25) is 5.88 Å². The second kappa shape index (κ2) is 9.88. The van der Waals surface area contributed by atoms with E-state index >= 15 is 0 Å². The first-order valence-electron chi connectivity index (χ1n) is 9.90. The topological polar surface area (TPSA) is 104 Å². The Morgan fingerprint density at radius 2 is 1.94 bits per heavy atom. The van der Waals surface area contributed by atoms with Crippen molar-refractivity contribution >= 4 is 5.97 Å². The summed E-state index contributed by atoms with van der Waals surface area (Å²) in [6, 6.07) is 13.0. The maximum Gasteiger partial charge on any atom is 0.338 e. The first-order valence-corrected chi connectivity index (χ1v) is 9.90. The van der Waals surface area contributed by atoms with Crippen molar-refractivity contribution in [1.82, 2.24) is 0 Å². The van der Waals surface area contributed by atoms with Gasteiger partial charge in [0.05, 0.1) is 25.2 Å². The number of methoxy groups -OCH3 is 1. The molecular weight excluding hydrogens is 415 g/mol. The van der Waals surface area contributed by atoms with E-state index in [0.29, 0.717) is 17.1 Å². The molecule has 7 nitrogen and oxygen atoms in total. The number of halogens is 1. The lowest BCUT2D eigenvalue weighted by Crippen LogP contribution is -2.25. The van der Waals surface area contributed by atoms with E-state index in [4.69, 9.17) is 24.7 Å². The molecule has 0 aliphatic carbocycles. The van der Waals surface area contributed by atoms with Gasteiger partial charge in [-0.2, -0.15) is 5.26 Å². The second-order valence-corrected chi connectivity index (χ2v) is 6.94. The number of allylic oxidation sites excluding steroid dienone is 2. The fourth-order valence-corrected chi connectivity index (χ4v) is 3.42. The summed E-state index contributed by atoms with van der Waals surface area (Å²) in [7, 11) is 1.50. The van der Waals surface area contributed by atoms with E-state index in [1.54, 1.807) is 44.2 Å². The summed E-state index contributed by atoms with van der Waals surface area (Å²) in [5.41, 5.74) is 7.56. The van der Waals surface area contributed by atoms with Gasteiger partial charge < -0.3 is 24.7 Å². The molecule has 1 unspecified atom stereocenters. The quantitative estimate of drug-likeness (QED) is 0.650. The minimum atomic E-state index is -0.799. The molecule has 2 aromatic rings. The number of benzene rings is 2. The van der Waals surface area contributed by atoms with Gasteiger partial charge in [-0.05, 0) is 49.2 Å². The lowest BCUT2D eigenvalue weighted by molar-refractivity contribution is -0.139. The maximum absolute atomic E-state index is 13.2. The van der Waals surface area contributed by atoms with Crippen LogP contribution >= 0.6 is 0 Å². The number of ether oxygens (including phenoxy) is 4. The molecule has 0 saturated heterocycles. The van der Waals surface area contributed by atoms with E-state index in [2.05, 4.69) is 0 Å². The third-order valence-corrected chi connectivity index (χ3v) is 4.93. The molecule has 0 radical (unpaired) electrons. The molecule has 0 fully saturated rings. The highest BCUT2D eigenvalue weighted by atomic mass is 19.1. The molecule has 0 saturated carbocycles. The molecule has 8 heteroatoms. The molecule has 1 aliphatic rings. The van der Waals surface area contributed by atoms with Crippen LogP contribution in [0.3, 0.4) is 0 Å². The highest BCUT2D eigenvalue weighted by Gasteiger charge is 2.36. The lowest BCUT2D eigenvalue weighted by Gasteiger charge is -2.27. The predicted octanol–water partition coefficient (Wildman–Crippen LogP) is 4.06. The van der Waals surface area contributed by atoms with Crippen LogP contribution in [0.25, 0.3) is 0 Å². The third kappa shape index (κ3) is 4.67. The molecule has 0 spiro atoms. The van der Waals surface area contributed by atoms with Gasteiger partial charge in [0, 0.05) is 0 Å².